The van der Waals surface area contributed by atoms with Crippen LogP contribution < -0.4 is 0 Å². The van der Waals surface area contributed by atoms with Crippen molar-refractivity contribution in [2.24, 2.45) is 0 Å². The van der Waals surface area contributed by atoms with Crippen LogP contribution in [0.5, 0.6) is 0 Å². The van der Waals surface area contributed by atoms with Crippen molar-refractivity contribution in [3.8, 4) is 0 Å². The molecule has 1 atom stereocenters. The van der Waals surface area contributed by atoms with Crippen LogP contribution in [-0.2, 0) is 4.79 Å². The number of benzene rings is 1. The molecule has 2 aromatic rings. The average Bonchev–Trinajstić information content (AvgIpc) is 3.06. The Bertz CT molecular complexity index is 578. The first-order valence-electron chi connectivity index (χ1n) is 5.84. The summed E-state index contributed by atoms with van der Waals surface area (Å²) in [6, 6.07) is 12.5. The van der Waals surface area contributed by atoms with Crippen LogP contribution in [0.25, 0.3) is 0 Å². The maximum Gasteiger partial charge on any atom is 0.289 e. The van der Waals surface area contributed by atoms with Crippen LogP contribution in [0.1, 0.15) is 17.4 Å². The highest BCUT2D eigenvalue weighted by molar-refractivity contribution is 8.14. The minimum Gasteiger partial charge on any atom is -0.467 e. The zero-order chi connectivity index (χ0) is 13.2. The molecule has 1 aliphatic rings. The minimum atomic E-state index is -0.480. The molecule has 1 aromatic carbocycles. The van der Waals surface area contributed by atoms with E-state index in [1.54, 1.807) is 18.4 Å². The normalized spacial score (nSPS) is 16.9. The lowest BCUT2D eigenvalue weighted by molar-refractivity contribution is -0.126. The lowest BCUT2D eigenvalue weighted by Crippen LogP contribution is -2.33. The summed E-state index contributed by atoms with van der Waals surface area (Å²) in [5.74, 6) is 0.610. The third kappa shape index (κ3) is 2.17. The van der Waals surface area contributed by atoms with Crippen molar-refractivity contribution in [1.82, 2.24) is 4.90 Å². The number of rotatable bonds is 3. The van der Waals surface area contributed by atoms with Crippen molar-refractivity contribution in [3.63, 3.8) is 0 Å². The summed E-state index contributed by atoms with van der Waals surface area (Å²) < 4.78 is 5.40. The van der Waals surface area contributed by atoms with Crippen molar-refractivity contribution >= 4 is 22.9 Å². The van der Waals surface area contributed by atoms with Crippen molar-refractivity contribution in [3.05, 3.63) is 60.1 Å². The molecule has 1 saturated heterocycles. The maximum absolute atomic E-state index is 11.9. The Labute approximate surface area is 114 Å². The lowest BCUT2D eigenvalue weighted by atomic mass is 10.0. The molecular weight excluding hydrogens is 262 g/mol. The molecule has 5 heteroatoms. The summed E-state index contributed by atoms with van der Waals surface area (Å²) in [6.07, 6.45) is 1.55. The molecule has 2 heterocycles. The zero-order valence-corrected chi connectivity index (χ0v) is 10.8. The number of hydrogen-bond acceptors (Lipinski definition) is 4. The predicted octanol–water partition coefficient (Wildman–Crippen LogP) is 3.06. The van der Waals surface area contributed by atoms with E-state index in [1.807, 2.05) is 30.3 Å². The van der Waals surface area contributed by atoms with Gasteiger partial charge in [-0.2, -0.15) is 0 Å². The monoisotopic (exact) mass is 273 g/mol. The molecule has 1 unspecified atom stereocenters. The summed E-state index contributed by atoms with van der Waals surface area (Å²) >= 11 is 1.03. The molecule has 4 nitrogen and oxygen atoms in total. The molecule has 0 spiro atoms. The number of carbonyl (C=O) groups is 2. The van der Waals surface area contributed by atoms with Gasteiger partial charge in [0.1, 0.15) is 11.8 Å². The van der Waals surface area contributed by atoms with Crippen LogP contribution in [0.3, 0.4) is 0 Å². The van der Waals surface area contributed by atoms with Crippen molar-refractivity contribution in [2.45, 2.75) is 6.04 Å². The number of amides is 2. The van der Waals surface area contributed by atoms with E-state index >= 15 is 0 Å². The number of furan rings is 1. The van der Waals surface area contributed by atoms with E-state index < -0.39 is 6.04 Å². The number of thioether (sulfide) groups is 1. The summed E-state index contributed by atoms with van der Waals surface area (Å²) in [7, 11) is 0. The fourth-order valence-electron chi connectivity index (χ4n) is 2.14. The molecule has 0 saturated carbocycles. The molecule has 1 aromatic heterocycles. The number of nitrogens with zero attached hydrogens (tertiary/aromatic N) is 1. The largest absolute Gasteiger partial charge is 0.467 e. The molecule has 2 amide bonds. The van der Waals surface area contributed by atoms with Crippen LogP contribution in [0.4, 0.5) is 4.79 Å². The Morgan fingerprint density at radius 2 is 1.89 bits per heavy atom. The topological polar surface area (TPSA) is 50.5 Å². The van der Waals surface area contributed by atoms with Gasteiger partial charge in [0.2, 0.25) is 5.91 Å². The van der Waals surface area contributed by atoms with Crippen LogP contribution in [-0.4, -0.2) is 21.8 Å². The molecule has 0 aliphatic carbocycles. The van der Waals surface area contributed by atoms with Gasteiger partial charge in [0.15, 0.2) is 0 Å². The van der Waals surface area contributed by atoms with Crippen LogP contribution in [0, 0.1) is 0 Å². The Balaban J connectivity index is 2.07. The second kappa shape index (κ2) is 4.93. The Morgan fingerprint density at radius 1 is 1.11 bits per heavy atom. The van der Waals surface area contributed by atoms with Gasteiger partial charge in [-0.05, 0) is 17.7 Å². The summed E-state index contributed by atoms with van der Waals surface area (Å²) in [4.78, 5) is 25.1. The van der Waals surface area contributed by atoms with Gasteiger partial charge in [0, 0.05) is 0 Å². The van der Waals surface area contributed by atoms with Gasteiger partial charge < -0.3 is 4.42 Å². The van der Waals surface area contributed by atoms with E-state index in [4.69, 9.17) is 4.42 Å². The first kappa shape index (κ1) is 12.0. The highest BCUT2D eigenvalue weighted by atomic mass is 32.2. The van der Waals surface area contributed by atoms with Crippen molar-refractivity contribution in [1.29, 1.82) is 0 Å². The van der Waals surface area contributed by atoms with Gasteiger partial charge in [-0.3, -0.25) is 14.5 Å². The van der Waals surface area contributed by atoms with Gasteiger partial charge >= 0.3 is 0 Å². The SMILES string of the molecule is O=C1CSC(=O)N1C(c1ccccc1)c1ccco1. The Kier molecular flexibility index (Phi) is 3.13. The number of imide groups is 1. The summed E-state index contributed by atoms with van der Waals surface area (Å²) in [5.41, 5.74) is 0.863. The summed E-state index contributed by atoms with van der Waals surface area (Å²) in [6.45, 7) is 0. The van der Waals surface area contributed by atoms with Gasteiger partial charge in [-0.25, -0.2) is 0 Å². The first-order valence-corrected chi connectivity index (χ1v) is 6.83. The summed E-state index contributed by atoms with van der Waals surface area (Å²) in [5, 5.41) is -0.227. The van der Waals surface area contributed by atoms with E-state index in [2.05, 4.69) is 0 Å². The van der Waals surface area contributed by atoms with Crippen LogP contribution >= 0.6 is 11.8 Å². The molecule has 3 rings (SSSR count). The second-order valence-electron chi connectivity index (χ2n) is 4.15. The third-order valence-corrected chi connectivity index (χ3v) is 3.81. The zero-order valence-electron chi connectivity index (χ0n) is 9.98. The fraction of sp³-hybridized carbons (Fsp3) is 0.143. The molecule has 0 bridgehead atoms. The van der Waals surface area contributed by atoms with E-state index in [9.17, 15) is 9.59 Å². The quantitative estimate of drug-likeness (QED) is 0.862. The molecule has 0 N–H and O–H groups in total. The number of hydrogen-bond donors (Lipinski definition) is 0. The average molecular weight is 273 g/mol. The van der Waals surface area contributed by atoms with Gasteiger partial charge in [-0.1, -0.05) is 42.1 Å². The standard InChI is InChI=1S/C14H11NO3S/c16-12-9-19-14(17)15(12)13(11-7-4-8-18-11)10-5-2-1-3-6-10/h1-8,13H,9H2. The van der Waals surface area contributed by atoms with Crippen LogP contribution in [0.15, 0.2) is 53.1 Å². The lowest BCUT2D eigenvalue weighted by Gasteiger charge is -2.24. The maximum atomic E-state index is 11.9. The van der Waals surface area contributed by atoms with E-state index in [1.165, 1.54) is 4.90 Å². The minimum absolute atomic E-state index is 0.180. The molecule has 19 heavy (non-hydrogen) atoms. The third-order valence-electron chi connectivity index (χ3n) is 2.97. The fourth-order valence-corrected chi connectivity index (χ4v) is 2.87. The second-order valence-corrected chi connectivity index (χ2v) is 5.07. The number of carbonyl (C=O) groups excluding carboxylic acids is 2. The smallest absolute Gasteiger partial charge is 0.289 e. The highest BCUT2D eigenvalue weighted by Gasteiger charge is 2.38. The van der Waals surface area contributed by atoms with Gasteiger partial charge in [0.25, 0.3) is 5.24 Å². The van der Waals surface area contributed by atoms with Crippen molar-refractivity contribution in [2.75, 3.05) is 5.75 Å². The van der Waals surface area contributed by atoms with Gasteiger partial charge in [0.05, 0.1) is 12.0 Å². The Morgan fingerprint density at radius 3 is 2.47 bits per heavy atom. The molecular formula is C14H11NO3S. The molecule has 1 aliphatic heterocycles. The first-order chi connectivity index (χ1) is 9.27. The predicted molar refractivity (Wildman–Crippen MR) is 71.7 cm³/mol. The molecule has 96 valence electrons. The van der Waals surface area contributed by atoms with Crippen molar-refractivity contribution < 1.29 is 14.0 Å². The van der Waals surface area contributed by atoms with E-state index in [-0.39, 0.29) is 16.9 Å². The van der Waals surface area contributed by atoms with E-state index in [0.29, 0.717) is 5.76 Å². The van der Waals surface area contributed by atoms with E-state index in [0.717, 1.165) is 17.3 Å². The van der Waals surface area contributed by atoms with Crippen LogP contribution in [0.2, 0.25) is 0 Å². The van der Waals surface area contributed by atoms with Gasteiger partial charge in [-0.15, -0.1) is 0 Å². The highest BCUT2D eigenvalue weighted by Crippen LogP contribution is 2.34. The molecule has 0 radical (unpaired) electrons. The molecule has 1 fully saturated rings. The Hall–Kier alpha value is -2.01.